The average molecular weight is 413 g/mol. The molecule has 4 nitrogen and oxygen atoms in total. The summed E-state index contributed by atoms with van der Waals surface area (Å²) in [6, 6.07) is -0.819. The number of ketones is 1. The van der Waals surface area contributed by atoms with Crippen molar-refractivity contribution < 1.29 is 27.9 Å². The molecule has 3 fully saturated rings. The standard InChI is InChI=1S/C22H30F3NO3/c1-20-8-6-13(27)10-12(20)4-5-14-15(20)7-9-21(2)16(14)11-17(28)18(21)26(3)19(29)22(23,24)25/h10,14-18,28H,4-9,11H2,1-3H3/t14-,15+,16+,17-,18+,20+,21+/m1/s1. The third kappa shape index (κ3) is 2.98. The zero-order chi connectivity index (χ0) is 21.4. The van der Waals surface area contributed by atoms with E-state index in [0.717, 1.165) is 30.6 Å². The highest BCUT2D eigenvalue weighted by Crippen LogP contribution is 2.65. The Kier molecular flexibility index (Phi) is 4.73. The van der Waals surface area contributed by atoms with Crippen molar-refractivity contribution in [1.29, 1.82) is 0 Å². The van der Waals surface area contributed by atoms with Gasteiger partial charge < -0.3 is 10.0 Å². The van der Waals surface area contributed by atoms with E-state index in [2.05, 4.69) is 6.92 Å². The first-order valence-electron chi connectivity index (χ1n) is 10.7. The number of halogens is 3. The molecule has 0 spiro atoms. The maximum Gasteiger partial charge on any atom is 0.471 e. The second-order valence-corrected chi connectivity index (χ2v) is 10.2. The Morgan fingerprint density at radius 1 is 1.17 bits per heavy atom. The molecule has 4 aliphatic rings. The van der Waals surface area contributed by atoms with E-state index < -0.39 is 29.6 Å². The van der Waals surface area contributed by atoms with E-state index in [9.17, 15) is 27.9 Å². The minimum absolute atomic E-state index is 0.0329. The number of nitrogens with zero attached hydrogens (tertiary/aromatic N) is 1. The van der Waals surface area contributed by atoms with E-state index >= 15 is 0 Å². The van der Waals surface area contributed by atoms with Crippen LogP contribution in [0.4, 0.5) is 13.2 Å². The fraction of sp³-hybridized carbons (Fsp3) is 0.818. The number of amides is 1. The topological polar surface area (TPSA) is 57.6 Å². The molecule has 0 radical (unpaired) electrons. The third-order valence-electron chi connectivity index (χ3n) is 8.92. The summed E-state index contributed by atoms with van der Waals surface area (Å²) >= 11 is 0. The van der Waals surface area contributed by atoms with Gasteiger partial charge >= 0.3 is 12.1 Å². The van der Waals surface area contributed by atoms with Gasteiger partial charge in [-0.25, -0.2) is 0 Å². The van der Waals surface area contributed by atoms with Crippen molar-refractivity contribution in [3.05, 3.63) is 11.6 Å². The zero-order valence-electron chi connectivity index (χ0n) is 17.3. The predicted octanol–water partition coefficient (Wildman–Crippen LogP) is 3.88. The van der Waals surface area contributed by atoms with E-state index in [0.29, 0.717) is 31.1 Å². The van der Waals surface area contributed by atoms with Gasteiger partial charge in [-0.3, -0.25) is 9.59 Å². The van der Waals surface area contributed by atoms with Gasteiger partial charge in [-0.15, -0.1) is 0 Å². The molecule has 1 N–H and O–H groups in total. The van der Waals surface area contributed by atoms with Gasteiger partial charge in [0.15, 0.2) is 5.78 Å². The van der Waals surface area contributed by atoms with Gasteiger partial charge in [0, 0.05) is 13.5 Å². The van der Waals surface area contributed by atoms with Crippen LogP contribution in [-0.2, 0) is 9.59 Å². The summed E-state index contributed by atoms with van der Waals surface area (Å²) in [5, 5.41) is 10.8. The van der Waals surface area contributed by atoms with Crippen LogP contribution in [0.1, 0.15) is 58.8 Å². The number of aliphatic hydroxyl groups is 1. The van der Waals surface area contributed by atoms with Crippen molar-refractivity contribution in [2.75, 3.05) is 7.05 Å². The second-order valence-electron chi connectivity index (χ2n) is 10.2. The Morgan fingerprint density at radius 3 is 2.52 bits per heavy atom. The lowest BCUT2D eigenvalue weighted by molar-refractivity contribution is -0.191. The normalized spacial score (nSPS) is 44.4. The molecule has 0 unspecified atom stereocenters. The molecule has 162 valence electrons. The van der Waals surface area contributed by atoms with Crippen molar-refractivity contribution in [3.63, 3.8) is 0 Å². The Balaban J connectivity index is 1.64. The number of carbonyl (C=O) groups excluding carboxylic acids is 2. The quantitative estimate of drug-likeness (QED) is 0.710. The van der Waals surface area contributed by atoms with Gasteiger partial charge in [-0.05, 0) is 73.2 Å². The molecule has 4 rings (SSSR count). The highest BCUT2D eigenvalue weighted by Gasteiger charge is 2.63. The van der Waals surface area contributed by atoms with Crippen molar-refractivity contribution in [3.8, 4) is 0 Å². The fourth-order valence-electron chi connectivity index (χ4n) is 7.57. The number of alkyl halides is 3. The van der Waals surface area contributed by atoms with Gasteiger partial charge in [0.05, 0.1) is 12.1 Å². The monoisotopic (exact) mass is 413 g/mol. The smallest absolute Gasteiger partial charge is 0.391 e. The van der Waals surface area contributed by atoms with Crippen LogP contribution >= 0.6 is 0 Å². The van der Waals surface area contributed by atoms with E-state index in [1.165, 1.54) is 12.6 Å². The molecular weight excluding hydrogens is 383 g/mol. The molecule has 0 aliphatic heterocycles. The minimum Gasteiger partial charge on any atom is -0.391 e. The highest BCUT2D eigenvalue weighted by atomic mass is 19.4. The number of hydrogen-bond donors (Lipinski definition) is 1. The third-order valence-corrected chi connectivity index (χ3v) is 8.92. The van der Waals surface area contributed by atoms with Crippen molar-refractivity contribution in [2.24, 2.45) is 28.6 Å². The lowest BCUT2D eigenvalue weighted by Crippen LogP contribution is -2.57. The molecule has 0 aromatic heterocycles. The number of fused-ring (bicyclic) bond motifs is 5. The van der Waals surface area contributed by atoms with Crippen LogP contribution in [0.3, 0.4) is 0 Å². The molecule has 3 saturated carbocycles. The van der Waals surface area contributed by atoms with Gasteiger partial charge in [0.1, 0.15) is 0 Å². The number of rotatable bonds is 1. The van der Waals surface area contributed by atoms with Crippen LogP contribution in [0.2, 0.25) is 0 Å². The molecular formula is C22H30F3NO3. The zero-order valence-corrected chi connectivity index (χ0v) is 17.3. The van der Waals surface area contributed by atoms with E-state index in [4.69, 9.17) is 0 Å². The Bertz CT molecular complexity index is 763. The van der Waals surface area contributed by atoms with Crippen LogP contribution in [0, 0.1) is 28.6 Å². The average Bonchev–Trinajstić information content (AvgIpc) is 2.90. The molecule has 0 aromatic carbocycles. The first-order chi connectivity index (χ1) is 13.4. The minimum atomic E-state index is -4.94. The Hall–Kier alpha value is -1.37. The van der Waals surface area contributed by atoms with Gasteiger partial charge in [0.25, 0.3) is 0 Å². The first-order valence-corrected chi connectivity index (χ1v) is 10.7. The SMILES string of the molecule is CN(C(=O)C(F)(F)F)[C@H]1[C@H](O)C[C@H]2[C@@H]3CCC4=CC(=O)CC[C@]4(C)[C@H]3CC[C@]12C. The number of allylic oxidation sites excluding steroid dienone is 1. The van der Waals surface area contributed by atoms with E-state index in [1.807, 2.05) is 13.0 Å². The number of hydrogen-bond acceptors (Lipinski definition) is 3. The fourth-order valence-corrected chi connectivity index (χ4v) is 7.57. The van der Waals surface area contributed by atoms with Crippen molar-refractivity contribution in [2.45, 2.75) is 77.1 Å². The summed E-state index contributed by atoms with van der Waals surface area (Å²) in [5.41, 5.74) is 0.672. The van der Waals surface area contributed by atoms with Crippen LogP contribution in [0.5, 0.6) is 0 Å². The second kappa shape index (κ2) is 6.56. The lowest BCUT2D eigenvalue weighted by atomic mass is 9.47. The highest BCUT2D eigenvalue weighted by molar-refractivity contribution is 5.91. The van der Waals surface area contributed by atoms with Crippen molar-refractivity contribution >= 4 is 11.7 Å². The summed E-state index contributed by atoms with van der Waals surface area (Å²) in [6.07, 6.45) is 1.06. The lowest BCUT2D eigenvalue weighted by Gasteiger charge is -2.58. The van der Waals surface area contributed by atoms with Gasteiger partial charge in [0.2, 0.25) is 0 Å². The van der Waals surface area contributed by atoms with Crippen LogP contribution in [-0.4, -0.2) is 47.1 Å². The maximum absolute atomic E-state index is 13.1. The van der Waals surface area contributed by atoms with Crippen LogP contribution in [0.15, 0.2) is 11.6 Å². The molecule has 7 heteroatoms. The molecule has 1 amide bonds. The Labute approximate surface area is 169 Å². The molecule has 7 atom stereocenters. The van der Waals surface area contributed by atoms with Gasteiger partial charge in [-0.2, -0.15) is 13.2 Å². The molecule has 4 aliphatic carbocycles. The number of likely N-dealkylation sites (N-methyl/N-ethyl adjacent to an activating group) is 1. The molecule has 0 heterocycles. The first kappa shape index (κ1) is 20.9. The summed E-state index contributed by atoms with van der Waals surface area (Å²) in [4.78, 5) is 24.6. The Morgan fingerprint density at radius 2 is 1.86 bits per heavy atom. The number of carbonyl (C=O) groups is 2. The summed E-state index contributed by atoms with van der Waals surface area (Å²) in [6.45, 7) is 4.21. The maximum atomic E-state index is 13.1. The predicted molar refractivity (Wildman–Crippen MR) is 101 cm³/mol. The molecule has 0 aromatic rings. The van der Waals surface area contributed by atoms with Gasteiger partial charge in [-0.1, -0.05) is 19.4 Å². The summed E-state index contributed by atoms with van der Waals surface area (Å²) < 4.78 is 39.2. The summed E-state index contributed by atoms with van der Waals surface area (Å²) in [7, 11) is 1.18. The molecule has 0 bridgehead atoms. The van der Waals surface area contributed by atoms with Crippen LogP contribution in [0.25, 0.3) is 0 Å². The number of aliphatic hydroxyl groups excluding tert-OH is 1. The van der Waals surface area contributed by atoms with E-state index in [1.54, 1.807) is 0 Å². The van der Waals surface area contributed by atoms with Crippen LogP contribution < -0.4 is 0 Å². The molecule has 0 saturated heterocycles. The molecule has 29 heavy (non-hydrogen) atoms. The van der Waals surface area contributed by atoms with Crippen molar-refractivity contribution in [1.82, 2.24) is 4.90 Å². The van der Waals surface area contributed by atoms with E-state index in [-0.39, 0.29) is 17.1 Å². The largest absolute Gasteiger partial charge is 0.471 e. The summed E-state index contributed by atoms with van der Waals surface area (Å²) in [5.74, 6) is -0.917.